The molecule has 0 bridgehead atoms. The Labute approximate surface area is 140 Å². The molecule has 0 spiro atoms. The molecule has 0 aromatic heterocycles. The van der Waals surface area contributed by atoms with Gasteiger partial charge in [-0.15, -0.1) is 13.2 Å². The quantitative estimate of drug-likeness (QED) is 0.864. The fraction of sp³-hybridized carbons (Fsp3) is 0.133. The fourth-order valence-electron chi connectivity index (χ4n) is 1.90. The number of aromatic carboxylic acids is 1. The smallest absolute Gasteiger partial charge is 0.545 e. The van der Waals surface area contributed by atoms with E-state index in [9.17, 15) is 31.5 Å². The largest absolute Gasteiger partial charge is 0.573 e. The van der Waals surface area contributed by atoms with Gasteiger partial charge < -0.3 is 14.6 Å². The molecule has 6 nitrogen and oxygen atoms in total. The van der Waals surface area contributed by atoms with E-state index in [-0.39, 0.29) is 4.90 Å². The number of nitrogens with one attached hydrogen (secondary N) is 1. The summed E-state index contributed by atoms with van der Waals surface area (Å²) in [6.45, 7) is 1.75. The van der Waals surface area contributed by atoms with E-state index in [1.165, 1.54) is 24.3 Å². The zero-order chi connectivity index (χ0) is 18.8. The van der Waals surface area contributed by atoms with Crippen LogP contribution in [0.2, 0.25) is 0 Å². The number of halogens is 3. The Balaban J connectivity index is 2.38. The fourth-order valence-corrected chi connectivity index (χ4v) is 2.98. The van der Waals surface area contributed by atoms with Gasteiger partial charge in [0.25, 0.3) is 10.0 Å². The minimum atomic E-state index is -5.02. The number of rotatable bonds is 5. The molecule has 0 unspecified atom stereocenters. The van der Waals surface area contributed by atoms with Gasteiger partial charge in [-0.2, -0.15) is 0 Å². The molecule has 0 heterocycles. The van der Waals surface area contributed by atoms with Gasteiger partial charge in [0.1, 0.15) is 5.75 Å². The molecule has 0 aliphatic rings. The van der Waals surface area contributed by atoms with Gasteiger partial charge in [-0.1, -0.05) is 17.7 Å². The van der Waals surface area contributed by atoms with E-state index < -0.39 is 39.4 Å². The molecule has 0 fully saturated rings. The first-order chi connectivity index (χ1) is 11.5. The number of hydrogen-bond donors (Lipinski definition) is 1. The van der Waals surface area contributed by atoms with Crippen molar-refractivity contribution in [2.75, 3.05) is 4.72 Å². The molecular weight excluding hydrogens is 363 g/mol. The molecule has 0 saturated heterocycles. The second-order valence-corrected chi connectivity index (χ2v) is 6.64. The molecule has 0 amide bonds. The summed E-state index contributed by atoms with van der Waals surface area (Å²) in [6, 6.07) is 7.83. The number of carboxylic acid groups (broad SMARTS) is 1. The Kier molecular flexibility index (Phi) is 4.93. The van der Waals surface area contributed by atoms with Crippen LogP contribution in [0.1, 0.15) is 15.9 Å². The minimum absolute atomic E-state index is 0.141. The van der Waals surface area contributed by atoms with E-state index in [1.807, 2.05) is 4.72 Å². The summed E-state index contributed by atoms with van der Waals surface area (Å²) in [4.78, 5) is 11.0. The number of carbonyl (C=O) groups excluding carboxylic acids is 1. The molecule has 0 atom stereocenters. The number of benzene rings is 2. The lowest BCUT2D eigenvalue weighted by atomic mass is 10.2. The van der Waals surface area contributed by atoms with Gasteiger partial charge in [0.05, 0.1) is 16.6 Å². The van der Waals surface area contributed by atoms with Crippen molar-refractivity contribution in [3.8, 4) is 5.75 Å². The average Bonchev–Trinajstić information content (AvgIpc) is 2.47. The molecule has 0 aliphatic carbocycles. The Bertz CT molecular complexity index is 892. The summed E-state index contributed by atoms with van der Waals surface area (Å²) in [5.41, 5.74) is -0.435. The van der Waals surface area contributed by atoms with E-state index in [1.54, 1.807) is 6.92 Å². The molecular formula is C15H11F3NO5S-. The Hall–Kier alpha value is -2.75. The lowest BCUT2D eigenvalue weighted by Crippen LogP contribution is -2.25. The maximum Gasteiger partial charge on any atom is 0.573 e. The van der Waals surface area contributed by atoms with Crippen LogP contribution < -0.4 is 14.6 Å². The molecule has 1 N–H and O–H groups in total. The summed E-state index contributed by atoms with van der Waals surface area (Å²) in [6.07, 6.45) is -5.02. The SMILES string of the molecule is Cc1ccc(S(=O)(=O)Nc2ccc(OC(F)(F)F)cc2C(=O)[O-])cc1. The van der Waals surface area contributed by atoms with Crippen LogP contribution >= 0.6 is 0 Å². The van der Waals surface area contributed by atoms with Gasteiger partial charge in [-0.3, -0.25) is 4.72 Å². The maximum atomic E-state index is 12.3. The van der Waals surface area contributed by atoms with Crippen LogP contribution in [0.3, 0.4) is 0 Å². The third-order valence-corrected chi connectivity index (χ3v) is 4.40. The average molecular weight is 374 g/mol. The van der Waals surface area contributed by atoms with E-state index in [0.29, 0.717) is 6.07 Å². The zero-order valence-corrected chi connectivity index (χ0v) is 13.4. The normalized spacial score (nSPS) is 11.8. The molecule has 2 rings (SSSR count). The highest BCUT2D eigenvalue weighted by Gasteiger charge is 2.31. The highest BCUT2D eigenvalue weighted by atomic mass is 32.2. The van der Waals surface area contributed by atoms with Crippen LogP contribution in [0, 0.1) is 6.92 Å². The summed E-state index contributed by atoms with van der Waals surface area (Å²) < 4.78 is 66.8. The molecule has 0 aliphatic heterocycles. The molecule has 25 heavy (non-hydrogen) atoms. The van der Waals surface area contributed by atoms with Crippen molar-refractivity contribution >= 4 is 21.7 Å². The van der Waals surface area contributed by atoms with Gasteiger partial charge >= 0.3 is 6.36 Å². The lowest BCUT2D eigenvalue weighted by Gasteiger charge is -2.16. The van der Waals surface area contributed by atoms with Crippen LogP contribution in [-0.4, -0.2) is 20.7 Å². The summed E-state index contributed by atoms with van der Waals surface area (Å²) in [5, 5.41) is 11.1. The molecule has 134 valence electrons. The number of hydrogen-bond acceptors (Lipinski definition) is 5. The van der Waals surface area contributed by atoms with Crippen LogP contribution in [0.15, 0.2) is 47.4 Å². The van der Waals surface area contributed by atoms with E-state index in [4.69, 9.17) is 0 Å². The third kappa shape index (κ3) is 4.86. The number of anilines is 1. The molecule has 2 aromatic rings. The predicted molar refractivity (Wildman–Crippen MR) is 79.4 cm³/mol. The molecule has 0 saturated carbocycles. The van der Waals surface area contributed by atoms with Crippen LogP contribution in [0.5, 0.6) is 5.75 Å². The summed E-state index contributed by atoms with van der Waals surface area (Å²) >= 11 is 0. The molecule has 2 aromatic carbocycles. The standard InChI is InChI=1S/C15H12F3NO5S/c1-9-2-5-11(6-3-9)25(22,23)19-13-7-4-10(24-15(16,17)18)8-12(13)14(20)21/h2-8,19H,1H3,(H,20,21)/p-1. The van der Waals surface area contributed by atoms with Crippen LogP contribution in [0.25, 0.3) is 0 Å². The van der Waals surface area contributed by atoms with Crippen molar-refractivity contribution in [3.63, 3.8) is 0 Å². The van der Waals surface area contributed by atoms with Crippen molar-refractivity contribution in [1.82, 2.24) is 0 Å². The Morgan fingerprint density at radius 3 is 2.24 bits per heavy atom. The predicted octanol–water partition coefficient (Wildman–Crippen LogP) is 2.06. The number of sulfonamides is 1. The van der Waals surface area contributed by atoms with Gasteiger partial charge in [0.15, 0.2) is 0 Å². The van der Waals surface area contributed by atoms with Crippen molar-refractivity contribution in [2.24, 2.45) is 0 Å². The third-order valence-electron chi connectivity index (χ3n) is 3.02. The Morgan fingerprint density at radius 1 is 1.12 bits per heavy atom. The first kappa shape index (κ1) is 18.6. The first-order valence-electron chi connectivity index (χ1n) is 6.68. The van der Waals surface area contributed by atoms with Gasteiger partial charge in [-0.05, 0) is 37.3 Å². The second-order valence-electron chi connectivity index (χ2n) is 4.96. The number of ether oxygens (including phenoxy) is 1. The van der Waals surface area contributed by atoms with E-state index in [2.05, 4.69) is 4.74 Å². The zero-order valence-electron chi connectivity index (χ0n) is 12.6. The maximum absolute atomic E-state index is 12.3. The highest BCUT2D eigenvalue weighted by Crippen LogP contribution is 2.28. The highest BCUT2D eigenvalue weighted by molar-refractivity contribution is 7.92. The van der Waals surface area contributed by atoms with Crippen molar-refractivity contribution in [3.05, 3.63) is 53.6 Å². The van der Waals surface area contributed by atoms with Gasteiger partial charge in [-0.25, -0.2) is 8.42 Å². The number of alkyl halides is 3. The number of aryl methyl sites for hydroxylation is 1. The Morgan fingerprint density at radius 2 is 1.72 bits per heavy atom. The topological polar surface area (TPSA) is 95.5 Å². The first-order valence-corrected chi connectivity index (χ1v) is 8.17. The van der Waals surface area contributed by atoms with Crippen LogP contribution in [-0.2, 0) is 10.0 Å². The number of carboxylic acids is 1. The van der Waals surface area contributed by atoms with Crippen molar-refractivity contribution in [1.29, 1.82) is 0 Å². The van der Waals surface area contributed by atoms with Crippen LogP contribution in [0.4, 0.5) is 18.9 Å². The van der Waals surface area contributed by atoms with Gasteiger partial charge in [0.2, 0.25) is 0 Å². The minimum Gasteiger partial charge on any atom is -0.545 e. The monoisotopic (exact) mass is 374 g/mol. The summed E-state index contributed by atoms with van der Waals surface area (Å²) in [5.74, 6) is -2.68. The van der Waals surface area contributed by atoms with Gasteiger partial charge in [0, 0.05) is 5.56 Å². The van der Waals surface area contributed by atoms with E-state index >= 15 is 0 Å². The number of carbonyl (C=O) groups is 1. The van der Waals surface area contributed by atoms with E-state index in [0.717, 1.165) is 17.7 Å². The molecule has 10 heteroatoms. The van der Waals surface area contributed by atoms with Crippen molar-refractivity contribution < 1.29 is 36.2 Å². The van der Waals surface area contributed by atoms with Crippen molar-refractivity contribution in [2.45, 2.75) is 18.2 Å². The summed E-state index contributed by atoms with van der Waals surface area (Å²) in [7, 11) is -4.14. The lowest BCUT2D eigenvalue weighted by molar-refractivity contribution is -0.275. The molecule has 0 radical (unpaired) electrons. The second kappa shape index (κ2) is 6.63.